The quantitative estimate of drug-likeness (QED) is 0.731. The predicted octanol–water partition coefficient (Wildman–Crippen LogP) is 4.75. The molecule has 2 aromatic carbocycles. The molecule has 3 aromatic rings. The van der Waals surface area contributed by atoms with Crippen LogP contribution in [0.1, 0.15) is 41.8 Å². The average molecular weight is 336 g/mol. The standard InChI is InChI=1S/C21H24N2O2/c1-5-15-8-7-9-16(6-2)21(15)22-19(24)12-17-20-14(4)10-13(3)11-18(20)25-23-17/h7-11H,5-6,12H2,1-4H3,(H,22,24). The zero-order chi connectivity index (χ0) is 18.0. The highest BCUT2D eigenvalue weighted by Crippen LogP contribution is 2.26. The lowest BCUT2D eigenvalue weighted by molar-refractivity contribution is -0.115. The summed E-state index contributed by atoms with van der Waals surface area (Å²) in [6.07, 6.45) is 1.97. The van der Waals surface area contributed by atoms with Gasteiger partial charge in [0.05, 0.1) is 6.42 Å². The highest BCUT2D eigenvalue weighted by Gasteiger charge is 2.16. The second-order valence-electron chi connectivity index (χ2n) is 6.47. The topological polar surface area (TPSA) is 55.1 Å². The number of hydrogen-bond acceptors (Lipinski definition) is 3. The van der Waals surface area contributed by atoms with Gasteiger partial charge in [-0.05, 0) is 55.0 Å². The lowest BCUT2D eigenvalue weighted by Gasteiger charge is -2.14. The number of aromatic nitrogens is 1. The van der Waals surface area contributed by atoms with Crippen molar-refractivity contribution in [2.75, 3.05) is 5.32 Å². The van der Waals surface area contributed by atoms with Crippen molar-refractivity contribution in [3.63, 3.8) is 0 Å². The molecule has 25 heavy (non-hydrogen) atoms. The molecule has 0 spiro atoms. The summed E-state index contributed by atoms with van der Waals surface area (Å²) in [6, 6.07) is 10.2. The van der Waals surface area contributed by atoms with Gasteiger partial charge in [-0.2, -0.15) is 0 Å². The van der Waals surface area contributed by atoms with Gasteiger partial charge in [-0.3, -0.25) is 4.79 Å². The molecule has 0 saturated heterocycles. The zero-order valence-corrected chi connectivity index (χ0v) is 15.3. The summed E-state index contributed by atoms with van der Waals surface area (Å²) in [6.45, 7) is 8.24. The third-order valence-electron chi connectivity index (χ3n) is 4.58. The summed E-state index contributed by atoms with van der Waals surface area (Å²) < 4.78 is 5.42. The minimum absolute atomic E-state index is 0.0641. The normalized spacial score (nSPS) is 11.0. The van der Waals surface area contributed by atoms with Gasteiger partial charge in [0.25, 0.3) is 0 Å². The first-order chi connectivity index (χ1) is 12.0. The van der Waals surface area contributed by atoms with E-state index in [0.717, 1.165) is 51.8 Å². The molecule has 0 radical (unpaired) electrons. The van der Waals surface area contributed by atoms with Crippen molar-refractivity contribution in [3.05, 3.63) is 58.3 Å². The molecule has 0 aliphatic carbocycles. The van der Waals surface area contributed by atoms with Crippen LogP contribution in [0.4, 0.5) is 5.69 Å². The summed E-state index contributed by atoms with van der Waals surface area (Å²) in [5, 5.41) is 8.17. The number of benzene rings is 2. The Hall–Kier alpha value is -2.62. The third kappa shape index (κ3) is 3.43. The van der Waals surface area contributed by atoms with Gasteiger partial charge in [-0.1, -0.05) is 43.3 Å². The molecule has 1 amide bonds. The van der Waals surface area contributed by atoms with Crippen LogP contribution >= 0.6 is 0 Å². The molecule has 0 bridgehead atoms. The zero-order valence-electron chi connectivity index (χ0n) is 15.3. The molecule has 3 rings (SSSR count). The van der Waals surface area contributed by atoms with Crippen LogP contribution in [0.2, 0.25) is 0 Å². The maximum absolute atomic E-state index is 12.6. The van der Waals surface area contributed by atoms with E-state index in [2.05, 4.69) is 42.5 Å². The summed E-state index contributed by atoms with van der Waals surface area (Å²) in [5.74, 6) is -0.0641. The van der Waals surface area contributed by atoms with E-state index in [1.807, 2.05) is 26.0 Å². The minimum Gasteiger partial charge on any atom is -0.356 e. The molecule has 0 saturated carbocycles. The molecule has 0 aliphatic heterocycles. The fraction of sp³-hybridized carbons (Fsp3) is 0.333. The maximum atomic E-state index is 12.6. The van der Waals surface area contributed by atoms with E-state index in [1.54, 1.807) is 0 Å². The van der Waals surface area contributed by atoms with Crippen molar-refractivity contribution >= 4 is 22.6 Å². The van der Waals surface area contributed by atoms with Crippen LogP contribution in [-0.2, 0) is 24.1 Å². The number of nitrogens with one attached hydrogen (secondary N) is 1. The summed E-state index contributed by atoms with van der Waals surface area (Å²) in [4.78, 5) is 12.6. The van der Waals surface area contributed by atoms with E-state index < -0.39 is 0 Å². The molecule has 4 heteroatoms. The van der Waals surface area contributed by atoms with Crippen LogP contribution in [0.3, 0.4) is 0 Å². The molecule has 1 heterocycles. The number of carbonyl (C=O) groups is 1. The first kappa shape index (κ1) is 17.2. The van der Waals surface area contributed by atoms with Crippen LogP contribution in [0.15, 0.2) is 34.9 Å². The number of hydrogen-bond donors (Lipinski definition) is 1. The number of anilines is 1. The Balaban J connectivity index is 1.87. The Labute approximate surface area is 148 Å². The number of carbonyl (C=O) groups excluding carboxylic acids is 1. The van der Waals surface area contributed by atoms with Crippen LogP contribution in [-0.4, -0.2) is 11.1 Å². The van der Waals surface area contributed by atoms with E-state index in [0.29, 0.717) is 5.69 Å². The Morgan fingerprint density at radius 3 is 2.44 bits per heavy atom. The molecule has 4 nitrogen and oxygen atoms in total. The first-order valence-electron chi connectivity index (χ1n) is 8.79. The maximum Gasteiger partial charge on any atom is 0.230 e. The van der Waals surface area contributed by atoms with Gasteiger partial charge in [0.15, 0.2) is 5.58 Å². The molecule has 130 valence electrons. The molecule has 1 aromatic heterocycles. The molecule has 0 fully saturated rings. The molecule has 1 N–H and O–H groups in total. The Morgan fingerprint density at radius 1 is 1.12 bits per heavy atom. The smallest absolute Gasteiger partial charge is 0.230 e. The van der Waals surface area contributed by atoms with Crippen molar-refractivity contribution in [1.82, 2.24) is 5.16 Å². The predicted molar refractivity (Wildman–Crippen MR) is 101 cm³/mol. The third-order valence-corrected chi connectivity index (χ3v) is 4.58. The summed E-state index contributed by atoms with van der Waals surface area (Å²) in [5.41, 5.74) is 6.90. The number of amides is 1. The molecular formula is C21H24N2O2. The van der Waals surface area contributed by atoms with Crippen molar-refractivity contribution in [1.29, 1.82) is 0 Å². The van der Waals surface area contributed by atoms with E-state index in [4.69, 9.17) is 4.52 Å². The van der Waals surface area contributed by atoms with Gasteiger partial charge in [0, 0.05) is 11.1 Å². The highest BCUT2D eigenvalue weighted by molar-refractivity contribution is 5.96. The Kier molecular flexibility index (Phi) is 4.88. The second kappa shape index (κ2) is 7.09. The van der Waals surface area contributed by atoms with Gasteiger partial charge in [0.1, 0.15) is 5.69 Å². The number of nitrogens with zero attached hydrogens (tertiary/aromatic N) is 1. The molecule has 0 aliphatic rings. The SMILES string of the molecule is CCc1cccc(CC)c1NC(=O)Cc1noc2cc(C)cc(C)c12. The van der Waals surface area contributed by atoms with E-state index in [1.165, 1.54) is 0 Å². The average Bonchev–Trinajstić information content (AvgIpc) is 2.97. The number of para-hydroxylation sites is 1. The monoisotopic (exact) mass is 336 g/mol. The number of aryl methyl sites for hydroxylation is 4. The van der Waals surface area contributed by atoms with Crippen molar-refractivity contribution in [2.45, 2.75) is 47.0 Å². The minimum atomic E-state index is -0.0641. The fourth-order valence-corrected chi connectivity index (χ4v) is 3.38. The molecule has 0 atom stereocenters. The van der Waals surface area contributed by atoms with E-state index >= 15 is 0 Å². The van der Waals surface area contributed by atoms with Gasteiger partial charge in [-0.25, -0.2) is 0 Å². The van der Waals surface area contributed by atoms with E-state index in [-0.39, 0.29) is 12.3 Å². The second-order valence-corrected chi connectivity index (χ2v) is 6.47. The van der Waals surface area contributed by atoms with Crippen LogP contribution in [0.5, 0.6) is 0 Å². The summed E-state index contributed by atoms with van der Waals surface area (Å²) in [7, 11) is 0. The largest absolute Gasteiger partial charge is 0.356 e. The van der Waals surface area contributed by atoms with Crippen molar-refractivity contribution in [2.24, 2.45) is 0 Å². The van der Waals surface area contributed by atoms with Crippen LogP contribution in [0, 0.1) is 13.8 Å². The first-order valence-corrected chi connectivity index (χ1v) is 8.79. The van der Waals surface area contributed by atoms with E-state index in [9.17, 15) is 4.79 Å². The van der Waals surface area contributed by atoms with Crippen molar-refractivity contribution in [3.8, 4) is 0 Å². The lowest BCUT2D eigenvalue weighted by Crippen LogP contribution is -2.17. The Morgan fingerprint density at radius 2 is 1.80 bits per heavy atom. The number of fused-ring (bicyclic) bond motifs is 1. The Bertz CT molecular complexity index is 903. The van der Waals surface area contributed by atoms with Crippen LogP contribution < -0.4 is 5.32 Å². The lowest BCUT2D eigenvalue weighted by atomic mass is 10.0. The van der Waals surface area contributed by atoms with Gasteiger partial charge in [-0.15, -0.1) is 0 Å². The van der Waals surface area contributed by atoms with Gasteiger partial charge < -0.3 is 9.84 Å². The molecule has 0 unspecified atom stereocenters. The highest BCUT2D eigenvalue weighted by atomic mass is 16.5. The van der Waals surface area contributed by atoms with Gasteiger partial charge >= 0.3 is 0 Å². The molecular weight excluding hydrogens is 312 g/mol. The fourth-order valence-electron chi connectivity index (χ4n) is 3.38. The summed E-state index contributed by atoms with van der Waals surface area (Å²) >= 11 is 0. The van der Waals surface area contributed by atoms with Gasteiger partial charge in [0.2, 0.25) is 5.91 Å². The number of rotatable bonds is 5. The van der Waals surface area contributed by atoms with Crippen LogP contribution in [0.25, 0.3) is 11.0 Å². The van der Waals surface area contributed by atoms with Crippen molar-refractivity contribution < 1.29 is 9.32 Å².